The van der Waals surface area contributed by atoms with Crippen LogP contribution in [0.4, 0.5) is 4.39 Å². The van der Waals surface area contributed by atoms with Gasteiger partial charge in [-0.05, 0) is 29.8 Å². The molecule has 5 nitrogen and oxygen atoms in total. The molecule has 0 aliphatic heterocycles. The minimum Gasteiger partial charge on any atom is -0.340 e. The summed E-state index contributed by atoms with van der Waals surface area (Å²) in [6.45, 7) is 0. The molecule has 0 aliphatic rings. The van der Waals surface area contributed by atoms with Crippen molar-refractivity contribution in [3.05, 3.63) is 71.5 Å². The molecule has 2 aromatic rings. The zero-order valence-electron chi connectivity index (χ0n) is 11.8. The van der Waals surface area contributed by atoms with Crippen LogP contribution in [0.2, 0.25) is 0 Å². The molecule has 0 saturated heterocycles. The van der Waals surface area contributed by atoms with Gasteiger partial charge in [0, 0.05) is 12.0 Å². The number of hydrogen-bond acceptors (Lipinski definition) is 3. The molecule has 0 spiro atoms. The van der Waals surface area contributed by atoms with Crippen molar-refractivity contribution >= 4 is 11.8 Å². The van der Waals surface area contributed by atoms with Gasteiger partial charge in [-0.25, -0.2) is 10.2 Å². The van der Waals surface area contributed by atoms with E-state index in [2.05, 4.69) is 5.32 Å². The number of amides is 2. The lowest BCUT2D eigenvalue weighted by Crippen LogP contribution is -2.50. The first-order chi connectivity index (χ1) is 10.6. The molecule has 1 unspecified atom stereocenters. The Balaban J connectivity index is 2.11. The summed E-state index contributed by atoms with van der Waals surface area (Å²) >= 11 is 0. The normalized spacial score (nSPS) is 11.5. The summed E-state index contributed by atoms with van der Waals surface area (Å²) in [5, 5.41) is 2.60. The SMILES string of the molecule is NNC(=O)C(Cc1ccccc1)NC(=O)c1ccc(F)cc1. The van der Waals surface area contributed by atoms with Crippen LogP contribution >= 0.6 is 0 Å². The molecule has 0 aliphatic carbocycles. The van der Waals surface area contributed by atoms with Gasteiger partial charge >= 0.3 is 0 Å². The lowest BCUT2D eigenvalue weighted by Gasteiger charge is -2.17. The third-order valence-corrected chi connectivity index (χ3v) is 3.15. The lowest BCUT2D eigenvalue weighted by molar-refractivity contribution is -0.123. The van der Waals surface area contributed by atoms with Crippen molar-refractivity contribution in [2.45, 2.75) is 12.5 Å². The van der Waals surface area contributed by atoms with Gasteiger partial charge in [0.15, 0.2) is 0 Å². The van der Waals surface area contributed by atoms with Crippen LogP contribution in [0.5, 0.6) is 0 Å². The first kappa shape index (κ1) is 15.7. The molecule has 1 atom stereocenters. The molecule has 2 aromatic carbocycles. The fraction of sp³-hybridized carbons (Fsp3) is 0.125. The second-order valence-corrected chi connectivity index (χ2v) is 4.73. The summed E-state index contributed by atoms with van der Waals surface area (Å²) in [5.41, 5.74) is 3.19. The minimum absolute atomic E-state index is 0.268. The number of rotatable bonds is 5. The molecule has 0 fully saturated rings. The summed E-state index contributed by atoms with van der Waals surface area (Å²) in [6, 6.07) is 13.5. The Labute approximate surface area is 127 Å². The highest BCUT2D eigenvalue weighted by atomic mass is 19.1. The smallest absolute Gasteiger partial charge is 0.256 e. The van der Waals surface area contributed by atoms with Gasteiger partial charge in [-0.3, -0.25) is 15.0 Å². The van der Waals surface area contributed by atoms with E-state index >= 15 is 0 Å². The Morgan fingerprint density at radius 3 is 2.27 bits per heavy atom. The van der Waals surface area contributed by atoms with Crippen LogP contribution in [0.15, 0.2) is 54.6 Å². The van der Waals surface area contributed by atoms with E-state index in [-0.39, 0.29) is 5.56 Å². The number of carbonyl (C=O) groups excluding carboxylic acids is 2. The Morgan fingerprint density at radius 1 is 1.05 bits per heavy atom. The van der Waals surface area contributed by atoms with E-state index in [0.717, 1.165) is 5.56 Å². The molecule has 2 amide bonds. The number of hydrogen-bond donors (Lipinski definition) is 3. The maximum absolute atomic E-state index is 12.9. The molecule has 114 valence electrons. The van der Waals surface area contributed by atoms with Crippen LogP contribution in [0, 0.1) is 5.82 Å². The topological polar surface area (TPSA) is 84.2 Å². The Kier molecular flexibility index (Phi) is 5.21. The number of nitrogens with one attached hydrogen (secondary N) is 2. The number of carbonyl (C=O) groups is 2. The van der Waals surface area contributed by atoms with Gasteiger partial charge in [0.1, 0.15) is 11.9 Å². The maximum atomic E-state index is 12.9. The van der Waals surface area contributed by atoms with Crippen LogP contribution in [0.1, 0.15) is 15.9 Å². The summed E-state index contributed by atoms with van der Waals surface area (Å²) in [4.78, 5) is 23.9. The van der Waals surface area contributed by atoms with Crippen LogP contribution < -0.4 is 16.6 Å². The van der Waals surface area contributed by atoms with Crippen molar-refractivity contribution in [3.63, 3.8) is 0 Å². The van der Waals surface area contributed by atoms with Crippen molar-refractivity contribution in [3.8, 4) is 0 Å². The first-order valence-electron chi connectivity index (χ1n) is 6.71. The van der Waals surface area contributed by atoms with Crippen LogP contribution in [-0.4, -0.2) is 17.9 Å². The van der Waals surface area contributed by atoms with Crippen LogP contribution in [-0.2, 0) is 11.2 Å². The average Bonchev–Trinajstić information content (AvgIpc) is 2.55. The van der Waals surface area contributed by atoms with Crippen molar-refractivity contribution in [1.29, 1.82) is 0 Å². The molecular weight excluding hydrogens is 285 g/mol. The van der Waals surface area contributed by atoms with Gasteiger partial charge in [0.2, 0.25) is 0 Å². The largest absolute Gasteiger partial charge is 0.340 e. The highest BCUT2D eigenvalue weighted by Gasteiger charge is 2.21. The third-order valence-electron chi connectivity index (χ3n) is 3.15. The molecule has 0 saturated carbocycles. The first-order valence-corrected chi connectivity index (χ1v) is 6.71. The van der Waals surface area contributed by atoms with E-state index in [9.17, 15) is 14.0 Å². The van der Waals surface area contributed by atoms with E-state index in [1.165, 1.54) is 24.3 Å². The number of hydrazine groups is 1. The maximum Gasteiger partial charge on any atom is 0.256 e. The van der Waals surface area contributed by atoms with Crippen molar-refractivity contribution in [1.82, 2.24) is 10.7 Å². The number of halogens is 1. The minimum atomic E-state index is -0.815. The van der Waals surface area contributed by atoms with Gasteiger partial charge in [0.05, 0.1) is 0 Å². The standard InChI is InChI=1S/C16H16FN3O2/c17-13-8-6-12(7-9-13)15(21)19-14(16(22)20-18)10-11-4-2-1-3-5-11/h1-9,14H,10,18H2,(H,19,21)(H,20,22). The molecule has 0 aromatic heterocycles. The van der Waals surface area contributed by atoms with Crippen LogP contribution in [0.25, 0.3) is 0 Å². The highest BCUT2D eigenvalue weighted by Crippen LogP contribution is 2.06. The Morgan fingerprint density at radius 2 is 1.68 bits per heavy atom. The monoisotopic (exact) mass is 301 g/mol. The van der Waals surface area contributed by atoms with E-state index in [1.54, 1.807) is 0 Å². The van der Waals surface area contributed by atoms with E-state index in [0.29, 0.717) is 6.42 Å². The highest BCUT2D eigenvalue weighted by molar-refractivity contribution is 5.97. The Hall–Kier alpha value is -2.73. The fourth-order valence-corrected chi connectivity index (χ4v) is 2.00. The number of nitrogens with two attached hydrogens (primary N) is 1. The Bertz CT molecular complexity index is 644. The predicted molar refractivity (Wildman–Crippen MR) is 80.1 cm³/mol. The molecule has 0 radical (unpaired) electrons. The van der Waals surface area contributed by atoms with Gasteiger partial charge in [-0.1, -0.05) is 30.3 Å². The fourth-order valence-electron chi connectivity index (χ4n) is 2.00. The van der Waals surface area contributed by atoms with Crippen LogP contribution in [0.3, 0.4) is 0 Å². The third kappa shape index (κ3) is 4.13. The summed E-state index contributed by atoms with van der Waals surface area (Å²) in [5.74, 6) is 3.76. The molecule has 4 N–H and O–H groups in total. The van der Waals surface area contributed by atoms with Crippen molar-refractivity contribution in [2.75, 3.05) is 0 Å². The molecular formula is C16H16FN3O2. The zero-order chi connectivity index (χ0) is 15.9. The van der Waals surface area contributed by atoms with Gasteiger partial charge in [0.25, 0.3) is 11.8 Å². The van der Waals surface area contributed by atoms with Crippen molar-refractivity contribution < 1.29 is 14.0 Å². The molecule has 0 bridgehead atoms. The lowest BCUT2D eigenvalue weighted by atomic mass is 10.0. The van der Waals surface area contributed by atoms with E-state index < -0.39 is 23.7 Å². The van der Waals surface area contributed by atoms with E-state index in [1.807, 2.05) is 35.8 Å². The van der Waals surface area contributed by atoms with Gasteiger partial charge in [-0.15, -0.1) is 0 Å². The second-order valence-electron chi connectivity index (χ2n) is 4.73. The van der Waals surface area contributed by atoms with Gasteiger partial charge < -0.3 is 5.32 Å². The summed E-state index contributed by atoms with van der Waals surface area (Å²) < 4.78 is 12.9. The zero-order valence-corrected chi connectivity index (χ0v) is 11.8. The van der Waals surface area contributed by atoms with Crippen molar-refractivity contribution in [2.24, 2.45) is 5.84 Å². The quantitative estimate of drug-likeness (QED) is 0.440. The average molecular weight is 301 g/mol. The van der Waals surface area contributed by atoms with E-state index in [4.69, 9.17) is 5.84 Å². The second kappa shape index (κ2) is 7.33. The molecule has 2 rings (SSSR count). The summed E-state index contributed by atoms with van der Waals surface area (Å²) in [6.07, 6.45) is 0.302. The molecule has 6 heteroatoms. The van der Waals surface area contributed by atoms with Gasteiger partial charge in [-0.2, -0.15) is 0 Å². The number of benzene rings is 2. The predicted octanol–water partition coefficient (Wildman–Crippen LogP) is 1.16. The summed E-state index contributed by atoms with van der Waals surface area (Å²) in [7, 11) is 0. The molecule has 22 heavy (non-hydrogen) atoms. The molecule has 0 heterocycles.